The van der Waals surface area contributed by atoms with E-state index >= 15 is 0 Å². The van der Waals surface area contributed by atoms with Crippen LogP contribution < -0.4 is 10.2 Å². The van der Waals surface area contributed by atoms with Crippen molar-refractivity contribution in [1.82, 2.24) is 15.3 Å². The average Bonchev–Trinajstić information content (AvgIpc) is 2.99. The summed E-state index contributed by atoms with van der Waals surface area (Å²) in [6, 6.07) is -0.0956. The number of hydrogen-bond donors (Lipinski definition) is 1. The number of amides is 1. The zero-order chi connectivity index (χ0) is 23.5. The fraction of sp³-hybridized carbons (Fsp3) is 0.773. The SMILES string of the molecule is COCOCc1nc(Br)c(C)nc1N1CCC2(CC1)CO[C@@H](C)[C@H]2NC(=O)OC(C)(C)C. The minimum Gasteiger partial charge on any atom is -0.444 e. The number of aryl methyl sites for hydroxylation is 1. The van der Waals surface area contributed by atoms with Gasteiger partial charge in [0.25, 0.3) is 0 Å². The molecule has 1 amide bonds. The van der Waals surface area contributed by atoms with Crippen molar-refractivity contribution in [3.63, 3.8) is 0 Å². The molecule has 32 heavy (non-hydrogen) atoms. The molecule has 1 N–H and O–H groups in total. The van der Waals surface area contributed by atoms with E-state index in [0.29, 0.717) is 17.8 Å². The van der Waals surface area contributed by atoms with Crippen LogP contribution in [0.3, 0.4) is 0 Å². The first-order chi connectivity index (χ1) is 15.0. The number of piperidine rings is 1. The van der Waals surface area contributed by atoms with E-state index in [1.165, 1.54) is 0 Å². The monoisotopic (exact) mass is 514 g/mol. The molecule has 0 saturated carbocycles. The predicted octanol–water partition coefficient (Wildman–Crippen LogP) is 3.57. The van der Waals surface area contributed by atoms with E-state index in [1.54, 1.807) is 7.11 Å². The molecule has 2 saturated heterocycles. The molecule has 0 radical (unpaired) electrons. The molecule has 9 nitrogen and oxygen atoms in total. The lowest BCUT2D eigenvalue weighted by Gasteiger charge is -2.43. The molecule has 10 heteroatoms. The Morgan fingerprint density at radius 1 is 1.31 bits per heavy atom. The normalized spacial score (nSPS) is 22.9. The highest BCUT2D eigenvalue weighted by Gasteiger charge is 2.50. The van der Waals surface area contributed by atoms with Gasteiger partial charge in [0.05, 0.1) is 31.1 Å². The third-order valence-corrected chi connectivity index (χ3v) is 6.75. The van der Waals surface area contributed by atoms with Gasteiger partial charge in [-0.25, -0.2) is 14.8 Å². The molecule has 180 valence electrons. The maximum absolute atomic E-state index is 12.5. The molecule has 1 aromatic rings. The van der Waals surface area contributed by atoms with Crippen LogP contribution in [0, 0.1) is 12.3 Å². The van der Waals surface area contributed by atoms with Crippen molar-refractivity contribution in [2.75, 3.05) is 38.5 Å². The first kappa shape index (κ1) is 25.1. The molecule has 2 atom stereocenters. The number of methoxy groups -OCH3 is 1. The highest BCUT2D eigenvalue weighted by atomic mass is 79.9. The Morgan fingerprint density at radius 2 is 2.00 bits per heavy atom. The highest BCUT2D eigenvalue weighted by molar-refractivity contribution is 9.10. The third kappa shape index (κ3) is 5.89. The summed E-state index contributed by atoms with van der Waals surface area (Å²) in [6.07, 6.45) is 1.27. The van der Waals surface area contributed by atoms with Crippen molar-refractivity contribution in [3.8, 4) is 0 Å². The highest BCUT2D eigenvalue weighted by Crippen LogP contribution is 2.43. The second-order valence-corrected chi connectivity index (χ2v) is 10.4. The number of ether oxygens (including phenoxy) is 4. The van der Waals surface area contributed by atoms with Crippen molar-refractivity contribution in [3.05, 3.63) is 16.0 Å². The number of nitrogens with zero attached hydrogens (tertiary/aromatic N) is 3. The summed E-state index contributed by atoms with van der Waals surface area (Å²) >= 11 is 3.47. The Morgan fingerprint density at radius 3 is 2.62 bits per heavy atom. The Hall–Kier alpha value is -1.49. The molecule has 3 rings (SSSR count). The van der Waals surface area contributed by atoms with E-state index in [4.69, 9.17) is 23.9 Å². The van der Waals surface area contributed by atoms with E-state index in [0.717, 1.165) is 43.1 Å². The fourth-order valence-corrected chi connectivity index (χ4v) is 4.70. The van der Waals surface area contributed by atoms with Gasteiger partial charge in [-0.3, -0.25) is 0 Å². The molecular weight excluding hydrogens is 480 g/mol. The Balaban J connectivity index is 1.72. The van der Waals surface area contributed by atoms with Gasteiger partial charge in [-0.1, -0.05) is 0 Å². The quantitative estimate of drug-likeness (QED) is 0.454. The van der Waals surface area contributed by atoms with Gasteiger partial charge in [0, 0.05) is 25.6 Å². The number of anilines is 1. The topological polar surface area (TPSA) is 95.0 Å². The van der Waals surface area contributed by atoms with Gasteiger partial charge < -0.3 is 29.2 Å². The van der Waals surface area contributed by atoms with Crippen molar-refractivity contribution in [1.29, 1.82) is 0 Å². The first-order valence-electron chi connectivity index (χ1n) is 11.0. The molecule has 0 aliphatic carbocycles. The van der Waals surface area contributed by atoms with E-state index in [2.05, 4.69) is 31.1 Å². The molecule has 0 bridgehead atoms. The standard InChI is InChI=1S/C22H35BrN4O5/c1-14-18(23)25-16(11-30-13-29-6)19(24-14)27-9-7-22(8-10-27)12-31-15(2)17(22)26-20(28)32-21(3,4)5/h15,17H,7-13H2,1-6H3,(H,26,28)/t15-,17+/m0/s1. The van der Waals surface area contributed by atoms with Gasteiger partial charge in [-0.2, -0.15) is 0 Å². The molecule has 1 aromatic heterocycles. The number of alkyl carbamates (subject to hydrolysis) is 1. The number of nitrogens with one attached hydrogen (secondary N) is 1. The van der Waals surface area contributed by atoms with E-state index in [1.807, 2.05) is 34.6 Å². The zero-order valence-corrected chi connectivity index (χ0v) is 21.5. The molecule has 1 spiro atoms. The maximum atomic E-state index is 12.5. The van der Waals surface area contributed by atoms with Crippen LogP contribution in [0.5, 0.6) is 0 Å². The van der Waals surface area contributed by atoms with Crippen molar-refractivity contribution >= 4 is 27.8 Å². The van der Waals surface area contributed by atoms with Crippen molar-refractivity contribution < 1.29 is 23.7 Å². The van der Waals surface area contributed by atoms with Crippen LogP contribution in [0.2, 0.25) is 0 Å². The lowest BCUT2D eigenvalue weighted by atomic mass is 9.73. The van der Waals surface area contributed by atoms with Crippen LogP contribution in [0.1, 0.15) is 51.9 Å². The number of rotatable bonds is 6. The lowest BCUT2D eigenvalue weighted by molar-refractivity contribution is -0.0401. The van der Waals surface area contributed by atoms with E-state index in [9.17, 15) is 4.79 Å². The Labute approximate surface area is 198 Å². The summed E-state index contributed by atoms with van der Waals surface area (Å²) in [5.41, 5.74) is 0.938. The van der Waals surface area contributed by atoms with Crippen LogP contribution in [0.15, 0.2) is 4.60 Å². The molecular formula is C22H35BrN4O5. The summed E-state index contributed by atoms with van der Waals surface area (Å²) in [7, 11) is 1.59. The Bertz CT molecular complexity index is 808. The smallest absolute Gasteiger partial charge is 0.407 e. The fourth-order valence-electron chi connectivity index (χ4n) is 4.40. The minimum atomic E-state index is -0.539. The van der Waals surface area contributed by atoms with Gasteiger partial charge in [0.1, 0.15) is 22.7 Å². The second kappa shape index (κ2) is 10.2. The number of carbonyl (C=O) groups is 1. The zero-order valence-electron chi connectivity index (χ0n) is 19.9. The Kier molecular flexibility index (Phi) is 8.01. The summed E-state index contributed by atoms with van der Waals surface area (Å²) in [6.45, 7) is 12.3. The van der Waals surface area contributed by atoms with Crippen LogP contribution in [-0.2, 0) is 25.6 Å². The lowest BCUT2D eigenvalue weighted by Crippen LogP contribution is -2.55. The molecule has 0 unspecified atom stereocenters. The molecule has 2 fully saturated rings. The largest absolute Gasteiger partial charge is 0.444 e. The van der Waals surface area contributed by atoms with Gasteiger partial charge in [0.15, 0.2) is 5.82 Å². The number of hydrogen-bond acceptors (Lipinski definition) is 8. The summed E-state index contributed by atoms with van der Waals surface area (Å²) in [5.74, 6) is 0.834. The molecule has 0 aromatic carbocycles. The van der Waals surface area contributed by atoms with Gasteiger partial charge in [-0.05, 0) is 63.4 Å². The van der Waals surface area contributed by atoms with Gasteiger partial charge >= 0.3 is 6.09 Å². The van der Waals surface area contributed by atoms with Gasteiger partial charge in [-0.15, -0.1) is 0 Å². The van der Waals surface area contributed by atoms with Crippen LogP contribution in [-0.4, -0.2) is 67.4 Å². The van der Waals surface area contributed by atoms with Crippen LogP contribution >= 0.6 is 15.9 Å². The second-order valence-electron chi connectivity index (χ2n) is 9.61. The van der Waals surface area contributed by atoms with E-state index < -0.39 is 11.7 Å². The summed E-state index contributed by atoms with van der Waals surface area (Å²) in [5, 5.41) is 3.09. The van der Waals surface area contributed by atoms with Crippen LogP contribution in [0.25, 0.3) is 0 Å². The van der Waals surface area contributed by atoms with Crippen LogP contribution in [0.4, 0.5) is 10.6 Å². The molecule has 2 aliphatic heterocycles. The first-order valence-corrected chi connectivity index (χ1v) is 11.8. The summed E-state index contributed by atoms with van der Waals surface area (Å²) < 4.78 is 22.8. The summed E-state index contributed by atoms with van der Waals surface area (Å²) in [4.78, 5) is 24.1. The minimum absolute atomic E-state index is 0.0678. The number of aromatic nitrogens is 2. The van der Waals surface area contributed by atoms with Crippen molar-refractivity contribution in [2.24, 2.45) is 5.41 Å². The molecule has 3 heterocycles. The maximum Gasteiger partial charge on any atom is 0.407 e. The van der Waals surface area contributed by atoms with E-state index in [-0.39, 0.29) is 24.4 Å². The predicted molar refractivity (Wildman–Crippen MR) is 124 cm³/mol. The molecule has 2 aliphatic rings. The number of halogens is 1. The average molecular weight is 515 g/mol. The van der Waals surface area contributed by atoms with Crippen molar-refractivity contribution in [2.45, 2.75) is 71.8 Å². The third-order valence-electron chi connectivity index (χ3n) is 6.00. The number of carbonyl (C=O) groups excluding carboxylic acids is 1. The van der Waals surface area contributed by atoms with Gasteiger partial charge in [0.2, 0.25) is 0 Å².